The summed E-state index contributed by atoms with van der Waals surface area (Å²) in [6.45, 7) is 0. The monoisotopic (exact) mass is 751 g/mol. The van der Waals surface area contributed by atoms with Crippen molar-refractivity contribution in [3.8, 4) is 11.1 Å². The lowest BCUT2D eigenvalue weighted by Crippen LogP contribution is -2.10. The molecular weight excluding hydrogens is 719 g/mol. The van der Waals surface area contributed by atoms with Crippen LogP contribution in [0.15, 0.2) is 200 Å². The highest BCUT2D eigenvalue weighted by atomic mass is 32.1. The van der Waals surface area contributed by atoms with Crippen LogP contribution in [0.4, 0.5) is 17.1 Å². The molecule has 0 saturated heterocycles. The van der Waals surface area contributed by atoms with Crippen LogP contribution in [0, 0.1) is 0 Å². The first-order valence-electron chi connectivity index (χ1n) is 20.0. The van der Waals surface area contributed by atoms with Gasteiger partial charge in [-0.2, -0.15) is 0 Å². The van der Waals surface area contributed by atoms with Crippen LogP contribution in [-0.2, 0) is 0 Å². The molecule has 0 aliphatic rings. The number of hydrogen-bond donors (Lipinski definition) is 0. The lowest BCUT2D eigenvalue weighted by molar-refractivity contribution is 1.31. The Morgan fingerprint density at radius 2 is 0.810 bits per heavy atom. The van der Waals surface area contributed by atoms with Crippen LogP contribution < -0.4 is 4.90 Å². The Bertz CT molecular complexity index is 3790. The standard InChI is InChI=1S/C56H33NS/c1-2-10-39-31-40(25-21-34(39)9-1)35-27-29-42(30-28-35)57(50-19-8-18-48-44-14-3-4-20-51(44)58-56(48)50)43-32-41-26-24-38-12-6-16-46-45-15-5-11-36-22-23-37-13-7-17-47(54(37)52(36)45)49(33-43)55(41)53(38)46/h1-33H. The molecule has 0 bridgehead atoms. The molecule has 58 heavy (non-hydrogen) atoms. The van der Waals surface area contributed by atoms with Crippen LogP contribution in [0.1, 0.15) is 0 Å². The molecule has 268 valence electrons. The van der Waals surface area contributed by atoms with Gasteiger partial charge in [0.05, 0.1) is 10.4 Å². The number of rotatable bonds is 4. The van der Waals surface area contributed by atoms with E-state index >= 15 is 0 Å². The van der Waals surface area contributed by atoms with Gasteiger partial charge in [-0.15, -0.1) is 11.3 Å². The molecule has 0 saturated carbocycles. The lowest BCUT2D eigenvalue weighted by atomic mass is 9.87. The Hall–Kier alpha value is -7.26. The molecule has 2 heteroatoms. The second kappa shape index (κ2) is 12.1. The number of anilines is 3. The molecule has 0 N–H and O–H groups in total. The Morgan fingerprint density at radius 1 is 0.293 bits per heavy atom. The van der Waals surface area contributed by atoms with Crippen LogP contribution in [0.25, 0.3) is 107 Å². The number of hydrogen-bond acceptors (Lipinski definition) is 2. The van der Waals surface area contributed by atoms with Gasteiger partial charge < -0.3 is 4.90 Å². The van der Waals surface area contributed by atoms with E-state index in [0.29, 0.717) is 0 Å². The summed E-state index contributed by atoms with van der Waals surface area (Å²) in [5, 5.41) is 20.5. The molecular formula is C56H33NS. The minimum absolute atomic E-state index is 1.12. The number of fused-ring (bicyclic) bond motifs is 6. The lowest BCUT2D eigenvalue weighted by Gasteiger charge is -2.27. The summed E-state index contributed by atoms with van der Waals surface area (Å²) >= 11 is 1.88. The first kappa shape index (κ1) is 31.9. The topological polar surface area (TPSA) is 3.24 Å². The van der Waals surface area contributed by atoms with Crippen molar-refractivity contribution in [2.75, 3.05) is 4.90 Å². The molecule has 12 aromatic carbocycles. The molecule has 1 nitrogen and oxygen atoms in total. The maximum absolute atomic E-state index is 2.50. The maximum atomic E-state index is 2.50. The van der Waals surface area contributed by atoms with Crippen LogP contribution in [-0.4, -0.2) is 0 Å². The number of nitrogens with zero attached hydrogens (tertiary/aromatic N) is 1. The van der Waals surface area contributed by atoms with Gasteiger partial charge in [0, 0.05) is 26.8 Å². The van der Waals surface area contributed by atoms with E-state index in [1.807, 2.05) is 11.3 Å². The van der Waals surface area contributed by atoms with Crippen molar-refractivity contribution in [1.82, 2.24) is 0 Å². The zero-order valence-corrected chi connectivity index (χ0v) is 32.2. The molecule has 0 aliphatic heterocycles. The van der Waals surface area contributed by atoms with Crippen molar-refractivity contribution >= 4 is 124 Å². The Balaban J connectivity index is 1.14. The van der Waals surface area contributed by atoms with Gasteiger partial charge in [-0.3, -0.25) is 0 Å². The van der Waals surface area contributed by atoms with E-state index < -0.39 is 0 Å². The smallest absolute Gasteiger partial charge is 0.0640 e. The van der Waals surface area contributed by atoms with Gasteiger partial charge in [0.2, 0.25) is 0 Å². The average molecular weight is 752 g/mol. The highest BCUT2D eigenvalue weighted by molar-refractivity contribution is 7.26. The minimum atomic E-state index is 1.12. The van der Waals surface area contributed by atoms with Crippen molar-refractivity contribution in [3.63, 3.8) is 0 Å². The van der Waals surface area contributed by atoms with E-state index in [9.17, 15) is 0 Å². The molecule has 1 aromatic heterocycles. The van der Waals surface area contributed by atoms with Gasteiger partial charge in [-0.05, 0) is 129 Å². The fraction of sp³-hybridized carbons (Fsp3) is 0. The highest BCUT2D eigenvalue weighted by Gasteiger charge is 2.22. The molecule has 0 radical (unpaired) electrons. The zero-order chi connectivity index (χ0) is 37.9. The quantitative estimate of drug-likeness (QED) is 0.162. The average Bonchev–Trinajstić information content (AvgIpc) is 3.67. The van der Waals surface area contributed by atoms with Crippen LogP contribution >= 0.6 is 11.3 Å². The first-order valence-corrected chi connectivity index (χ1v) is 20.8. The van der Waals surface area contributed by atoms with Crippen molar-refractivity contribution < 1.29 is 0 Å². The summed E-state index contributed by atoms with van der Waals surface area (Å²) < 4.78 is 2.59. The third-order valence-corrected chi connectivity index (χ3v) is 13.7. The summed E-state index contributed by atoms with van der Waals surface area (Å²) in [4.78, 5) is 2.50. The van der Waals surface area contributed by atoms with E-state index in [4.69, 9.17) is 0 Å². The van der Waals surface area contributed by atoms with Crippen molar-refractivity contribution in [2.24, 2.45) is 0 Å². The van der Waals surface area contributed by atoms with Crippen molar-refractivity contribution in [1.29, 1.82) is 0 Å². The molecule has 1 heterocycles. The van der Waals surface area contributed by atoms with Crippen LogP contribution in [0.5, 0.6) is 0 Å². The third kappa shape index (κ3) is 4.58. The van der Waals surface area contributed by atoms with E-state index in [1.54, 1.807) is 0 Å². The van der Waals surface area contributed by atoms with Crippen molar-refractivity contribution in [3.05, 3.63) is 200 Å². The number of benzene rings is 11. The van der Waals surface area contributed by atoms with Gasteiger partial charge in [0.15, 0.2) is 0 Å². The maximum Gasteiger partial charge on any atom is 0.0640 e. The van der Waals surface area contributed by atoms with Gasteiger partial charge in [-0.25, -0.2) is 0 Å². The Morgan fingerprint density at radius 3 is 1.53 bits per heavy atom. The fourth-order valence-corrected chi connectivity index (χ4v) is 11.1. The van der Waals surface area contributed by atoms with E-state index in [1.165, 1.54) is 112 Å². The molecule has 0 amide bonds. The molecule has 13 aromatic rings. The third-order valence-electron chi connectivity index (χ3n) is 12.5. The molecule has 13 rings (SSSR count). The predicted molar refractivity (Wildman–Crippen MR) is 253 cm³/mol. The van der Waals surface area contributed by atoms with Crippen LogP contribution in [0.3, 0.4) is 0 Å². The largest absolute Gasteiger partial charge is 0.309 e. The van der Waals surface area contributed by atoms with Gasteiger partial charge >= 0.3 is 0 Å². The van der Waals surface area contributed by atoms with Gasteiger partial charge in [-0.1, -0.05) is 158 Å². The summed E-state index contributed by atoms with van der Waals surface area (Å²) in [5.74, 6) is 0. The van der Waals surface area contributed by atoms with Gasteiger partial charge in [0.1, 0.15) is 0 Å². The van der Waals surface area contributed by atoms with E-state index in [2.05, 4.69) is 205 Å². The zero-order valence-electron chi connectivity index (χ0n) is 31.4. The Kier molecular flexibility index (Phi) is 6.66. The SMILES string of the molecule is c1ccc2cc(-c3ccc(N(c4cc5ccc6cccc7c8cccc9ccc%10cccc(c(c4)c5c67)c%10c98)c4cccc5c4sc4ccccc45)cc3)ccc2c1. The summed E-state index contributed by atoms with van der Waals surface area (Å²) in [6.07, 6.45) is 0. The fourth-order valence-electron chi connectivity index (χ4n) is 9.90. The predicted octanol–water partition coefficient (Wildman–Crippen LogP) is 16.7. The summed E-state index contributed by atoms with van der Waals surface area (Å²) in [6, 6.07) is 74.8. The first-order chi connectivity index (χ1) is 28.7. The highest BCUT2D eigenvalue weighted by Crippen LogP contribution is 2.49. The Labute approximate surface area is 338 Å². The van der Waals surface area contributed by atoms with E-state index in [-0.39, 0.29) is 0 Å². The molecule has 0 aliphatic carbocycles. The number of thiophene rings is 1. The molecule has 0 fully saturated rings. The second-order valence-corrected chi connectivity index (χ2v) is 16.7. The molecule has 0 atom stereocenters. The second-order valence-electron chi connectivity index (χ2n) is 15.6. The molecule has 0 spiro atoms. The normalized spacial score (nSPS) is 12.1. The summed E-state index contributed by atoms with van der Waals surface area (Å²) in [5.41, 5.74) is 5.87. The minimum Gasteiger partial charge on any atom is -0.309 e. The summed E-state index contributed by atoms with van der Waals surface area (Å²) in [7, 11) is 0. The van der Waals surface area contributed by atoms with Crippen molar-refractivity contribution in [2.45, 2.75) is 0 Å². The molecule has 0 unspecified atom stereocenters. The van der Waals surface area contributed by atoms with Gasteiger partial charge in [0.25, 0.3) is 0 Å². The van der Waals surface area contributed by atoms with E-state index in [0.717, 1.165) is 11.4 Å². The van der Waals surface area contributed by atoms with Crippen LogP contribution in [0.2, 0.25) is 0 Å².